The van der Waals surface area contributed by atoms with E-state index in [4.69, 9.17) is 5.11 Å². The second-order valence-electron chi connectivity index (χ2n) is 4.35. The van der Waals surface area contributed by atoms with Crippen LogP contribution in [-0.2, 0) is 0 Å². The van der Waals surface area contributed by atoms with Crippen molar-refractivity contribution >= 4 is 0 Å². The van der Waals surface area contributed by atoms with Gasteiger partial charge in [0.05, 0.1) is 0 Å². The van der Waals surface area contributed by atoms with Crippen LogP contribution in [0.4, 0.5) is 0 Å². The number of hydrogen-bond donors (Lipinski definition) is 1. The van der Waals surface area contributed by atoms with E-state index in [-0.39, 0.29) is 0 Å². The van der Waals surface area contributed by atoms with E-state index in [0.29, 0.717) is 6.61 Å². The molecule has 1 nitrogen and oxygen atoms in total. The van der Waals surface area contributed by atoms with E-state index in [9.17, 15) is 0 Å². The lowest BCUT2D eigenvalue weighted by Crippen LogP contribution is -1.88. The van der Waals surface area contributed by atoms with Gasteiger partial charge in [0.1, 0.15) is 0 Å². The van der Waals surface area contributed by atoms with Gasteiger partial charge >= 0.3 is 0 Å². The van der Waals surface area contributed by atoms with Crippen LogP contribution in [0.5, 0.6) is 0 Å². The van der Waals surface area contributed by atoms with Crippen molar-refractivity contribution < 1.29 is 5.11 Å². The van der Waals surface area contributed by atoms with Crippen LogP contribution < -0.4 is 0 Å². The molecular weight excluding hydrogens is 148 g/mol. The molecule has 0 aliphatic heterocycles. The predicted octanol–water partition coefficient (Wildman–Crippen LogP) is 3.47. The minimum absolute atomic E-state index is 0.354. The zero-order valence-electron chi connectivity index (χ0n) is 9.43. The highest BCUT2D eigenvalue weighted by Crippen LogP contribution is 2.04. The smallest absolute Gasteiger partial charge is 0.0431 e. The highest BCUT2D eigenvalue weighted by molar-refractivity contribution is 4.44. The van der Waals surface area contributed by atoms with Crippen LogP contribution in [0.25, 0.3) is 0 Å². The Hall–Kier alpha value is -0.0400. The fourth-order valence-corrected chi connectivity index (χ4v) is 0.664. The number of unbranched alkanes of at least 4 members (excludes halogenated alkanes) is 1. The number of hydrogen-bond acceptors (Lipinski definition) is 1. The Morgan fingerprint density at radius 2 is 1.33 bits per heavy atom. The molecule has 0 unspecified atom stereocenters. The summed E-state index contributed by atoms with van der Waals surface area (Å²) in [6, 6.07) is 0. The van der Waals surface area contributed by atoms with Gasteiger partial charge in [-0.2, -0.15) is 0 Å². The molecule has 0 heterocycles. The molecule has 0 saturated heterocycles. The van der Waals surface area contributed by atoms with Gasteiger partial charge in [0.15, 0.2) is 0 Å². The standard InChI is InChI=1S/C7H16O.C4H10/c1-7(2)5-3-4-6-8;1-4(2)3/h7-8H,3-6H2,1-2H3;4H,1-3H3. The summed E-state index contributed by atoms with van der Waals surface area (Å²) in [4.78, 5) is 0. The van der Waals surface area contributed by atoms with Crippen LogP contribution in [-0.4, -0.2) is 11.7 Å². The summed E-state index contributed by atoms with van der Waals surface area (Å²) < 4.78 is 0. The molecule has 0 fully saturated rings. The highest BCUT2D eigenvalue weighted by atomic mass is 16.2. The van der Waals surface area contributed by atoms with Gasteiger partial charge in [-0.1, -0.05) is 47.5 Å². The maximum Gasteiger partial charge on any atom is 0.0431 e. The molecule has 0 aromatic carbocycles. The summed E-state index contributed by atoms with van der Waals surface area (Å²) in [5.41, 5.74) is 0. The monoisotopic (exact) mass is 174 g/mol. The second-order valence-corrected chi connectivity index (χ2v) is 4.35. The Bertz CT molecular complexity index is 64.6. The molecule has 0 aromatic heterocycles. The molecule has 76 valence electrons. The fourth-order valence-electron chi connectivity index (χ4n) is 0.664. The molecule has 12 heavy (non-hydrogen) atoms. The van der Waals surface area contributed by atoms with Gasteiger partial charge in [-0.05, 0) is 18.3 Å². The normalized spacial score (nSPS) is 10.0. The van der Waals surface area contributed by atoms with Crippen molar-refractivity contribution in [2.24, 2.45) is 11.8 Å². The van der Waals surface area contributed by atoms with Gasteiger partial charge in [-0.3, -0.25) is 0 Å². The van der Waals surface area contributed by atoms with E-state index < -0.39 is 0 Å². The highest BCUT2D eigenvalue weighted by Gasteiger charge is 1.91. The summed E-state index contributed by atoms with van der Waals surface area (Å²) in [6.45, 7) is 11.3. The first kappa shape index (κ1) is 14.5. The van der Waals surface area contributed by atoms with Crippen molar-refractivity contribution in [3.8, 4) is 0 Å². The predicted molar refractivity (Wildman–Crippen MR) is 56.3 cm³/mol. The van der Waals surface area contributed by atoms with Crippen molar-refractivity contribution in [3.63, 3.8) is 0 Å². The molecule has 0 amide bonds. The Morgan fingerprint density at radius 3 is 1.58 bits per heavy atom. The van der Waals surface area contributed by atoms with Crippen LogP contribution >= 0.6 is 0 Å². The first-order valence-corrected chi connectivity index (χ1v) is 5.11. The first-order chi connectivity index (χ1) is 5.50. The van der Waals surface area contributed by atoms with E-state index in [2.05, 4.69) is 34.6 Å². The van der Waals surface area contributed by atoms with Crippen LogP contribution in [0, 0.1) is 11.8 Å². The molecule has 0 atom stereocenters. The summed E-state index contributed by atoms with van der Waals surface area (Å²) >= 11 is 0. The van der Waals surface area contributed by atoms with Gasteiger partial charge in [0.25, 0.3) is 0 Å². The van der Waals surface area contributed by atoms with Gasteiger partial charge in [-0.25, -0.2) is 0 Å². The average molecular weight is 174 g/mol. The Morgan fingerprint density at radius 1 is 0.917 bits per heavy atom. The van der Waals surface area contributed by atoms with E-state index in [0.717, 1.165) is 18.3 Å². The molecular formula is C11H26O. The molecule has 1 heteroatoms. The quantitative estimate of drug-likeness (QED) is 0.647. The summed E-state index contributed by atoms with van der Waals surface area (Å²) in [5.74, 6) is 1.63. The molecule has 1 N–H and O–H groups in total. The van der Waals surface area contributed by atoms with Crippen LogP contribution in [0.1, 0.15) is 53.9 Å². The number of aliphatic hydroxyl groups excluding tert-OH is 1. The SMILES string of the molecule is CC(C)C.CC(C)CCCCO. The van der Waals surface area contributed by atoms with Gasteiger partial charge < -0.3 is 5.11 Å². The fraction of sp³-hybridized carbons (Fsp3) is 1.00. The zero-order valence-corrected chi connectivity index (χ0v) is 9.43. The molecule has 0 bridgehead atoms. The average Bonchev–Trinajstić information content (AvgIpc) is 1.86. The Balaban J connectivity index is 0. The van der Waals surface area contributed by atoms with Gasteiger partial charge in [0.2, 0.25) is 0 Å². The lowest BCUT2D eigenvalue weighted by molar-refractivity contribution is 0.280. The van der Waals surface area contributed by atoms with Crippen molar-refractivity contribution in [3.05, 3.63) is 0 Å². The number of aliphatic hydroxyl groups is 1. The summed E-state index contributed by atoms with van der Waals surface area (Å²) in [7, 11) is 0. The largest absolute Gasteiger partial charge is 0.396 e. The lowest BCUT2D eigenvalue weighted by atomic mass is 10.1. The van der Waals surface area contributed by atoms with E-state index in [1.807, 2.05) is 0 Å². The maximum absolute atomic E-state index is 8.38. The molecule has 0 rings (SSSR count). The summed E-state index contributed by atoms with van der Waals surface area (Å²) in [6.07, 6.45) is 3.40. The number of rotatable bonds is 4. The minimum Gasteiger partial charge on any atom is -0.396 e. The van der Waals surface area contributed by atoms with Crippen molar-refractivity contribution in [1.82, 2.24) is 0 Å². The molecule has 0 spiro atoms. The minimum atomic E-state index is 0.354. The molecule has 0 aliphatic rings. The van der Waals surface area contributed by atoms with Gasteiger partial charge in [-0.15, -0.1) is 0 Å². The topological polar surface area (TPSA) is 20.2 Å². The molecule has 0 radical (unpaired) electrons. The zero-order chi connectivity index (χ0) is 9.98. The van der Waals surface area contributed by atoms with E-state index in [1.165, 1.54) is 12.8 Å². The van der Waals surface area contributed by atoms with Crippen LogP contribution in [0.15, 0.2) is 0 Å². The van der Waals surface area contributed by atoms with Crippen molar-refractivity contribution in [2.45, 2.75) is 53.9 Å². The third-order valence-corrected chi connectivity index (χ3v) is 1.19. The molecule has 0 aromatic rings. The second kappa shape index (κ2) is 11.0. The van der Waals surface area contributed by atoms with Crippen LogP contribution in [0.2, 0.25) is 0 Å². The molecule has 0 aliphatic carbocycles. The Labute approximate surface area is 78.2 Å². The Kier molecular flexibility index (Phi) is 13.2. The molecule has 0 saturated carbocycles. The van der Waals surface area contributed by atoms with Crippen molar-refractivity contribution in [2.75, 3.05) is 6.61 Å². The third-order valence-electron chi connectivity index (χ3n) is 1.19. The van der Waals surface area contributed by atoms with E-state index >= 15 is 0 Å². The third kappa shape index (κ3) is 32.5. The van der Waals surface area contributed by atoms with Gasteiger partial charge in [0, 0.05) is 6.61 Å². The van der Waals surface area contributed by atoms with Crippen molar-refractivity contribution in [1.29, 1.82) is 0 Å². The lowest BCUT2D eigenvalue weighted by Gasteiger charge is -2.00. The van der Waals surface area contributed by atoms with E-state index in [1.54, 1.807) is 0 Å². The van der Waals surface area contributed by atoms with Crippen LogP contribution in [0.3, 0.4) is 0 Å². The maximum atomic E-state index is 8.38. The first-order valence-electron chi connectivity index (χ1n) is 5.11. The summed E-state index contributed by atoms with van der Waals surface area (Å²) in [5, 5.41) is 8.38.